The summed E-state index contributed by atoms with van der Waals surface area (Å²) >= 11 is 1.10. The number of aliphatic hydroxyl groups excluding tert-OH is 1. The number of thiazole rings is 1. The van der Waals surface area contributed by atoms with E-state index in [1.54, 1.807) is 6.20 Å². The van der Waals surface area contributed by atoms with Crippen molar-refractivity contribution >= 4 is 34.0 Å². The van der Waals surface area contributed by atoms with E-state index in [2.05, 4.69) is 9.97 Å². The number of esters is 1. The van der Waals surface area contributed by atoms with Crippen molar-refractivity contribution in [3.63, 3.8) is 0 Å². The van der Waals surface area contributed by atoms with E-state index in [0.717, 1.165) is 22.2 Å². The fraction of sp³-hybridized carbons (Fsp3) is 0.235. The van der Waals surface area contributed by atoms with Crippen LogP contribution in [0.1, 0.15) is 25.9 Å². The Balaban J connectivity index is 1.66. The second-order valence-corrected chi connectivity index (χ2v) is 5.94. The van der Waals surface area contributed by atoms with Gasteiger partial charge < -0.3 is 19.6 Å². The van der Waals surface area contributed by atoms with Crippen LogP contribution in [-0.4, -0.2) is 53.3 Å². The van der Waals surface area contributed by atoms with Crippen LogP contribution in [0, 0.1) is 0 Å². The minimum absolute atomic E-state index is 0.0576. The van der Waals surface area contributed by atoms with Crippen LogP contribution in [0.5, 0.6) is 0 Å². The van der Waals surface area contributed by atoms with Crippen molar-refractivity contribution < 1.29 is 24.2 Å². The van der Waals surface area contributed by atoms with Crippen molar-refractivity contribution in [2.24, 2.45) is 0 Å². The van der Waals surface area contributed by atoms with Crippen molar-refractivity contribution in [1.29, 1.82) is 0 Å². The molecule has 0 spiro atoms. The van der Waals surface area contributed by atoms with Gasteiger partial charge in [-0.25, -0.2) is 9.78 Å². The van der Waals surface area contributed by atoms with E-state index in [-0.39, 0.29) is 42.9 Å². The molecule has 0 fully saturated rings. The Labute approximate surface area is 147 Å². The molecule has 2 aromatic heterocycles. The second-order valence-electron chi connectivity index (χ2n) is 5.09. The Morgan fingerprint density at radius 2 is 2.04 bits per heavy atom. The van der Waals surface area contributed by atoms with Crippen LogP contribution in [0.15, 0.2) is 35.8 Å². The van der Waals surface area contributed by atoms with Gasteiger partial charge in [-0.1, -0.05) is 18.2 Å². The molecular formula is C17H16N2O5S. The van der Waals surface area contributed by atoms with Crippen LogP contribution in [0.3, 0.4) is 0 Å². The van der Waals surface area contributed by atoms with Crippen LogP contribution in [-0.2, 0) is 9.47 Å². The SMILES string of the molecule is O=C(OCCOCCO)c1csc(C(=O)c2c[nH]c3ccccc23)n1. The summed E-state index contributed by atoms with van der Waals surface area (Å²) in [5, 5.41) is 11.1. The molecule has 1 aromatic carbocycles. The lowest BCUT2D eigenvalue weighted by molar-refractivity contribution is 0.0254. The monoisotopic (exact) mass is 360 g/mol. The van der Waals surface area contributed by atoms with E-state index in [9.17, 15) is 9.59 Å². The third-order valence-electron chi connectivity index (χ3n) is 3.44. The number of nitrogens with zero attached hydrogens (tertiary/aromatic N) is 1. The molecule has 0 aliphatic carbocycles. The lowest BCUT2D eigenvalue weighted by atomic mass is 10.1. The minimum atomic E-state index is -0.609. The topological polar surface area (TPSA) is 102 Å². The van der Waals surface area contributed by atoms with Gasteiger partial charge in [0.25, 0.3) is 0 Å². The highest BCUT2D eigenvalue weighted by molar-refractivity contribution is 7.12. The number of aromatic amines is 1. The molecule has 7 nitrogen and oxygen atoms in total. The Bertz CT molecular complexity index is 886. The van der Waals surface area contributed by atoms with Crippen molar-refractivity contribution in [3.8, 4) is 0 Å². The third kappa shape index (κ3) is 3.93. The molecule has 2 N–H and O–H groups in total. The number of rotatable bonds is 8. The summed E-state index contributed by atoms with van der Waals surface area (Å²) in [5.74, 6) is -0.852. The van der Waals surface area contributed by atoms with Gasteiger partial charge in [-0.15, -0.1) is 11.3 Å². The number of ketones is 1. The maximum Gasteiger partial charge on any atom is 0.357 e. The van der Waals surface area contributed by atoms with Crippen LogP contribution in [0.4, 0.5) is 0 Å². The fourth-order valence-electron chi connectivity index (χ4n) is 2.28. The highest BCUT2D eigenvalue weighted by Gasteiger charge is 2.20. The number of para-hydroxylation sites is 1. The number of carbonyl (C=O) groups is 2. The van der Waals surface area contributed by atoms with E-state index in [1.807, 2.05) is 24.3 Å². The van der Waals surface area contributed by atoms with Crippen molar-refractivity contribution in [3.05, 3.63) is 52.1 Å². The van der Waals surface area contributed by atoms with E-state index < -0.39 is 5.97 Å². The number of fused-ring (bicyclic) bond motifs is 1. The number of aromatic nitrogens is 2. The number of ether oxygens (including phenoxy) is 2. The molecule has 0 amide bonds. The van der Waals surface area contributed by atoms with Gasteiger partial charge >= 0.3 is 5.97 Å². The number of nitrogens with one attached hydrogen (secondary N) is 1. The number of aliphatic hydroxyl groups is 1. The molecule has 0 bridgehead atoms. The first kappa shape index (κ1) is 17.3. The third-order valence-corrected chi connectivity index (χ3v) is 4.28. The van der Waals surface area contributed by atoms with Crippen LogP contribution in [0.25, 0.3) is 10.9 Å². The molecule has 0 saturated carbocycles. The van der Waals surface area contributed by atoms with Gasteiger partial charge in [0, 0.05) is 22.5 Å². The first-order valence-corrected chi connectivity index (χ1v) is 8.50. The Kier molecular flexibility index (Phi) is 5.54. The van der Waals surface area contributed by atoms with E-state index in [1.165, 1.54) is 5.38 Å². The van der Waals surface area contributed by atoms with Gasteiger partial charge in [0.05, 0.1) is 25.4 Å². The molecule has 3 rings (SSSR count). The first-order chi connectivity index (χ1) is 12.2. The van der Waals surface area contributed by atoms with E-state index >= 15 is 0 Å². The molecule has 0 aliphatic rings. The minimum Gasteiger partial charge on any atom is -0.458 e. The van der Waals surface area contributed by atoms with E-state index in [4.69, 9.17) is 14.6 Å². The zero-order valence-electron chi connectivity index (χ0n) is 13.2. The molecule has 130 valence electrons. The van der Waals surface area contributed by atoms with Crippen molar-refractivity contribution in [2.75, 3.05) is 26.4 Å². The molecular weight excluding hydrogens is 344 g/mol. The summed E-state index contributed by atoms with van der Waals surface area (Å²) < 4.78 is 10.0. The van der Waals surface area contributed by atoms with Crippen molar-refractivity contribution in [2.45, 2.75) is 0 Å². The molecule has 3 aromatic rings. The lowest BCUT2D eigenvalue weighted by Gasteiger charge is -2.03. The number of H-pyrrole nitrogens is 1. The zero-order valence-corrected chi connectivity index (χ0v) is 14.0. The highest BCUT2D eigenvalue weighted by Crippen LogP contribution is 2.22. The fourth-order valence-corrected chi connectivity index (χ4v) is 3.02. The number of hydrogen-bond acceptors (Lipinski definition) is 7. The number of benzene rings is 1. The Morgan fingerprint density at radius 3 is 2.88 bits per heavy atom. The maximum atomic E-state index is 12.6. The molecule has 0 aliphatic heterocycles. The summed E-state index contributed by atoms with van der Waals surface area (Å²) in [6.45, 7) is 0.358. The van der Waals surface area contributed by atoms with Gasteiger partial charge in [-0.05, 0) is 6.07 Å². The summed E-state index contributed by atoms with van der Waals surface area (Å²) in [7, 11) is 0. The largest absolute Gasteiger partial charge is 0.458 e. The standard InChI is InChI=1S/C17H16N2O5S/c20-5-6-23-7-8-24-17(22)14-10-25-16(19-14)15(21)12-9-18-13-4-2-1-3-11(12)13/h1-4,9-10,18,20H,5-8H2. The Morgan fingerprint density at radius 1 is 1.20 bits per heavy atom. The zero-order chi connectivity index (χ0) is 17.6. The molecule has 0 atom stereocenters. The molecule has 8 heteroatoms. The molecule has 25 heavy (non-hydrogen) atoms. The van der Waals surface area contributed by atoms with E-state index in [0.29, 0.717) is 5.56 Å². The average molecular weight is 360 g/mol. The summed E-state index contributed by atoms with van der Waals surface area (Å²) in [4.78, 5) is 31.7. The summed E-state index contributed by atoms with van der Waals surface area (Å²) in [6, 6.07) is 7.48. The molecule has 0 unspecified atom stereocenters. The van der Waals surface area contributed by atoms with Gasteiger partial charge in [0.1, 0.15) is 6.61 Å². The van der Waals surface area contributed by atoms with Crippen LogP contribution < -0.4 is 0 Å². The summed E-state index contributed by atoms with van der Waals surface area (Å²) in [5.41, 5.74) is 1.47. The molecule has 0 saturated heterocycles. The van der Waals surface area contributed by atoms with Gasteiger partial charge in [0.2, 0.25) is 5.78 Å². The number of carbonyl (C=O) groups excluding carboxylic acids is 2. The smallest absolute Gasteiger partial charge is 0.357 e. The summed E-state index contributed by atoms with van der Waals surface area (Å²) in [6.07, 6.45) is 1.64. The predicted octanol–water partition coefficient (Wildman–Crippen LogP) is 2.02. The van der Waals surface area contributed by atoms with Crippen LogP contribution in [0.2, 0.25) is 0 Å². The van der Waals surface area contributed by atoms with Crippen LogP contribution >= 0.6 is 11.3 Å². The number of hydrogen-bond donors (Lipinski definition) is 2. The molecule has 2 heterocycles. The first-order valence-electron chi connectivity index (χ1n) is 7.63. The predicted molar refractivity (Wildman–Crippen MR) is 92.0 cm³/mol. The lowest BCUT2D eigenvalue weighted by Crippen LogP contribution is -2.12. The molecule has 0 radical (unpaired) electrons. The van der Waals surface area contributed by atoms with Gasteiger partial charge in [-0.3, -0.25) is 4.79 Å². The highest BCUT2D eigenvalue weighted by atomic mass is 32.1. The van der Waals surface area contributed by atoms with Gasteiger partial charge in [-0.2, -0.15) is 0 Å². The maximum absolute atomic E-state index is 12.6. The van der Waals surface area contributed by atoms with Gasteiger partial charge in [0.15, 0.2) is 10.7 Å². The normalized spacial score (nSPS) is 10.9. The average Bonchev–Trinajstić information content (AvgIpc) is 3.28. The second kappa shape index (κ2) is 8.02. The quantitative estimate of drug-likeness (QED) is 0.362. The van der Waals surface area contributed by atoms with Crippen molar-refractivity contribution in [1.82, 2.24) is 9.97 Å². The Hall–Kier alpha value is -2.55.